The molecule has 1 heterocycles. The lowest BCUT2D eigenvalue weighted by Gasteiger charge is -2.09. The first-order valence-corrected chi connectivity index (χ1v) is 8.83. The summed E-state index contributed by atoms with van der Waals surface area (Å²) in [5, 5.41) is 12.5. The summed E-state index contributed by atoms with van der Waals surface area (Å²) in [6.45, 7) is 1.22. The van der Waals surface area contributed by atoms with Crippen molar-refractivity contribution in [2.45, 2.75) is 13.1 Å². The van der Waals surface area contributed by atoms with Crippen LogP contribution in [0, 0.1) is 0 Å². The largest absolute Gasteiger partial charge is 0.358 e. The van der Waals surface area contributed by atoms with Crippen LogP contribution in [0.2, 0.25) is 10.0 Å². The molecule has 0 spiro atoms. The number of anilines is 1. The molecule has 0 bridgehead atoms. The second-order valence-electron chi connectivity index (χ2n) is 5.43. The summed E-state index contributed by atoms with van der Waals surface area (Å²) >= 11 is 17.4. The minimum atomic E-state index is 0.527. The lowest BCUT2D eigenvalue weighted by molar-refractivity contribution is 0.690. The van der Waals surface area contributed by atoms with E-state index in [0.717, 1.165) is 11.1 Å². The lowest BCUT2D eigenvalue weighted by Crippen LogP contribution is -2.28. The zero-order valence-electron chi connectivity index (χ0n) is 13.2. The van der Waals surface area contributed by atoms with Gasteiger partial charge < -0.3 is 10.6 Å². The van der Waals surface area contributed by atoms with Gasteiger partial charge >= 0.3 is 0 Å². The highest BCUT2D eigenvalue weighted by Gasteiger charge is 2.05. The van der Waals surface area contributed by atoms with Crippen LogP contribution in [0.4, 0.5) is 5.82 Å². The molecular weight excluding hydrogens is 375 g/mol. The maximum atomic E-state index is 6.20. The summed E-state index contributed by atoms with van der Waals surface area (Å²) in [7, 11) is 0. The molecule has 0 atom stereocenters. The smallest absolute Gasteiger partial charge is 0.172 e. The van der Waals surface area contributed by atoms with Crippen molar-refractivity contribution in [3.8, 4) is 0 Å². The number of nitrogens with one attached hydrogen (secondary N) is 2. The number of halogens is 2. The van der Waals surface area contributed by atoms with Gasteiger partial charge in [0.05, 0.1) is 6.54 Å². The van der Waals surface area contributed by atoms with Gasteiger partial charge in [0, 0.05) is 28.9 Å². The number of rotatable bonds is 5. The Morgan fingerprint density at radius 1 is 1.08 bits per heavy atom. The van der Waals surface area contributed by atoms with Crippen molar-refractivity contribution in [1.29, 1.82) is 0 Å². The number of nitrogens with zero attached hydrogens (tertiary/aromatic N) is 2. The maximum absolute atomic E-state index is 6.20. The van der Waals surface area contributed by atoms with E-state index in [-0.39, 0.29) is 0 Å². The molecule has 0 unspecified atom stereocenters. The number of hydrogen-bond donors (Lipinski definition) is 2. The zero-order valence-corrected chi connectivity index (χ0v) is 15.6. The van der Waals surface area contributed by atoms with Crippen molar-refractivity contribution in [3.05, 3.63) is 82.0 Å². The number of hydrogen-bond acceptors (Lipinski definition) is 2. The standard InChI is InChI=1S/C18H16Cl2N4S/c19-15-7-6-14(16(20)10-15)12-24-9-8-17(23-24)22-18(25)21-11-13-4-2-1-3-5-13/h1-10H,11-12H2,(H2,21,22,23,25). The second kappa shape index (κ2) is 8.34. The molecule has 128 valence electrons. The van der Waals surface area contributed by atoms with Gasteiger partial charge in [-0.15, -0.1) is 0 Å². The normalized spacial score (nSPS) is 10.5. The number of benzene rings is 2. The first-order chi connectivity index (χ1) is 12.1. The molecule has 3 aromatic rings. The van der Waals surface area contributed by atoms with Gasteiger partial charge in [0.1, 0.15) is 0 Å². The predicted octanol–water partition coefficient (Wildman–Crippen LogP) is 4.72. The first kappa shape index (κ1) is 17.7. The highest BCUT2D eigenvalue weighted by atomic mass is 35.5. The molecule has 2 aromatic carbocycles. The quantitative estimate of drug-likeness (QED) is 0.618. The number of thiocarbonyl (C=S) groups is 1. The fraction of sp³-hybridized carbons (Fsp3) is 0.111. The molecule has 0 amide bonds. The Morgan fingerprint density at radius 2 is 1.88 bits per heavy atom. The Balaban J connectivity index is 1.55. The minimum absolute atomic E-state index is 0.527. The summed E-state index contributed by atoms with van der Waals surface area (Å²) in [5.41, 5.74) is 2.11. The maximum Gasteiger partial charge on any atom is 0.172 e. The molecule has 0 radical (unpaired) electrons. The van der Waals surface area contributed by atoms with Crippen molar-refractivity contribution in [1.82, 2.24) is 15.1 Å². The Kier molecular flexibility index (Phi) is 5.91. The van der Waals surface area contributed by atoms with Gasteiger partial charge in [-0.05, 0) is 35.5 Å². The molecular formula is C18H16Cl2N4S. The van der Waals surface area contributed by atoms with Crippen molar-refractivity contribution < 1.29 is 0 Å². The van der Waals surface area contributed by atoms with Crippen molar-refractivity contribution in [2.24, 2.45) is 0 Å². The van der Waals surface area contributed by atoms with Crippen molar-refractivity contribution in [2.75, 3.05) is 5.32 Å². The second-order valence-corrected chi connectivity index (χ2v) is 6.68. The fourth-order valence-corrected chi connectivity index (χ4v) is 2.92. The Morgan fingerprint density at radius 3 is 2.64 bits per heavy atom. The first-order valence-electron chi connectivity index (χ1n) is 7.66. The average molecular weight is 391 g/mol. The molecule has 0 aliphatic heterocycles. The van der Waals surface area contributed by atoms with E-state index < -0.39 is 0 Å². The number of aromatic nitrogens is 2. The van der Waals surface area contributed by atoms with Crippen LogP contribution in [0.1, 0.15) is 11.1 Å². The lowest BCUT2D eigenvalue weighted by atomic mass is 10.2. The van der Waals surface area contributed by atoms with E-state index in [1.54, 1.807) is 10.7 Å². The van der Waals surface area contributed by atoms with Crippen LogP contribution < -0.4 is 10.6 Å². The van der Waals surface area contributed by atoms with Gasteiger partial charge in [-0.2, -0.15) is 5.10 Å². The molecule has 4 nitrogen and oxygen atoms in total. The Labute approximate surface area is 161 Å². The highest BCUT2D eigenvalue weighted by molar-refractivity contribution is 7.80. The van der Waals surface area contributed by atoms with E-state index in [9.17, 15) is 0 Å². The van der Waals surface area contributed by atoms with Gasteiger partial charge in [0.15, 0.2) is 10.9 Å². The van der Waals surface area contributed by atoms with Crippen LogP contribution >= 0.6 is 35.4 Å². The SMILES string of the molecule is S=C(NCc1ccccc1)Nc1ccn(Cc2ccc(Cl)cc2Cl)n1. The molecule has 0 aliphatic rings. The molecule has 0 fully saturated rings. The summed E-state index contributed by atoms with van der Waals surface area (Å²) < 4.78 is 1.79. The van der Waals surface area contributed by atoms with Crippen LogP contribution in [0.5, 0.6) is 0 Å². The third kappa shape index (κ3) is 5.19. The van der Waals surface area contributed by atoms with Gasteiger partial charge in [-0.1, -0.05) is 59.6 Å². The predicted molar refractivity (Wildman–Crippen MR) is 107 cm³/mol. The molecule has 0 aliphatic carbocycles. The van der Waals surface area contributed by atoms with Crippen molar-refractivity contribution >= 4 is 46.4 Å². The molecule has 1 aromatic heterocycles. The van der Waals surface area contributed by atoms with E-state index in [4.69, 9.17) is 35.4 Å². The average Bonchev–Trinajstić information content (AvgIpc) is 3.03. The minimum Gasteiger partial charge on any atom is -0.358 e. The van der Waals surface area contributed by atoms with Crippen LogP contribution in [-0.2, 0) is 13.1 Å². The topological polar surface area (TPSA) is 41.9 Å². The summed E-state index contributed by atoms with van der Waals surface area (Å²) in [4.78, 5) is 0. The molecule has 2 N–H and O–H groups in total. The van der Waals surface area contributed by atoms with Crippen LogP contribution in [0.15, 0.2) is 60.8 Å². The van der Waals surface area contributed by atoms with E-state index in [0.29, 0.717) is 34.1 Å². The molecule has 0 saturated carbocycles. The van der Waals surface area contributed by atoms with E-state index >= 15 is 0 Å². The monoisotopic (exact) mass is 390 g/mol. The van der Waals surface area contributed by atoms with E-state index in [1.165, 1.54) is 0 Å². The van der Waals surface area contributed by atoms with E-state index in [2.05, 4.69) is 15.7 Å². The van der Waals surface area contributed by atoms with Gasteiger partial charge in [0.2, 0.25) is 0 Å². The highest BCUT2D eigenvalue weighted by Crippen LogP contribution is 2.21. The van der Waals surface area contributed by atoms with Gasteiger partial charge in [0.25, 0.3) is 0 Å². The zero-order chi connectivity index (χ0) is 17.6. The molecule has 3 rings (SSSR count). The molecule has 0 saturated heterocycles. The third-order valence-corrected chi connectivity index (χ3v) is 4.36. The van der Waals surface area contributed by atoms with Crippen molar-refractivity contribution in [3.63, 3.8) is 0 Å². The van der Waals surface area contributed by atoms with Gasteiger partial charge in [-0.3, -0.25) is 4.68 Å². The summed E-state index contributed by atoms with van der Waals surface area (Å²) in [6.07, 6.45) is 1.87. The Hall–Kier alpha value is -2.08. The van der Waals surface area contributed by atoms with Crippen LogP contribution in [0.3, 0.4) is 0 Å². The van der Waals surface area contributed by atoms with Crippen LogP contribution in [0.25, 0.3) is 0 Å². The van der Waals surface area contributed by atoms with E-state index in [1.807, 2.05) is 54.7 Å². The Bertz CT molecular complexity index is 865. The molecule has 25 heavy (non-hydrogen) atoms. The summed E-state index contributed by atoms with van der Waals surface area (Å²) in [6, 6.07) is 17.4. The van der Waals surface area contributed by atoms with Gasteiger partial charge in [-0.25, -0.2) is 0 Å². The summed E-state index contributed by atoms with van der Waals surface area (Å²) in [5.74, 6) is 0.677. The fourth-order valence-electron chi connectivity index (χ4n) is 2.28. The third-order valence-electron chi connectivity index (χ3n) is 3.53. The molecule has 7 heteroatoms. The van der Waals surface area contributed by atoms with Crippen LogP contribution in [-0.4, -0.2) is 14.9 Å².